The molecule has 0 unspecified atom stereocenters. The zero-order chi connectivity index (χ0) is 15.2. The van der Waals surface area contributed by atoms with Gasteiger partial charge in [-0.2, -0.15) is 0 Å². The third-order valence-corrected chi connectivity index (χ3v) is 4.59. The van der Waals surface area contributed by atoms with Gasteiger partial charge in [-0.3, -0.25) is 0 Å². The Labute approximate surface area is 136 Å². The molecule has 0 aliphatic carbocycles. The third-order valence-electron chi connectivity index (χ3n) is 3.44. The standard InChI is InChI=1S/C20H18OS/c1-21-14-8-7-11-17-15-20(16-9-3-2-4-10-16)22-19-13-6-5-12-18(17)19/h2-13,15H,14H2,1H3/b8-7+,17-11-. The third kappa shape index (κ3) is 3.41. The first kappa shape index (κ1) is 14.9. The van der Waals surface area contributed by atoms with Crippen molar-refractivity contribution in [3.63, 3.8) is 0 Å². The number of hydrogen-bond donors (Lipinski definition) is 0. The van der Waals surface area contributed by atoms with E-state index in [0.29, 0.717) is 6.61 Å². The highest BCUT2D eigenvalue weighted by atomic mass is 32.2. The van der Waals surface area contributed by atoms with Gasteiger partial charge in [-0.05, 0) is 28.8 Å². The molecule has 2 aromatic carbocycles. The van der Waals surface area contributed by atoms with Crippen molar-refractivity contribution in [1.29, 1.82) is 0 Å². The molecule has 1 heterocycles. The Morgan fingerprint density at radius 2 is 1.77 bits per heavy atom. The number of benzene rings is 2. The fourth-order valence-electron chi connectivity index (χ4n) is 2.37. The summed E-state index contributed by atoms with van der Waals surface area (Å²) in [6.07, 6.45) is 8.50. The van der Waals surface area contributed by atoms with Crippen molar-refractivity contribution < 1.29 is 4.74 Å². The topological polar surface area (TPSA) is 9.23 Å². The number of ether oxygens (including phenoxy) is 1. The van der Waals surface area contributed by atoms with Crippen molar-refractivity contribution in [3.8, 4) is 0 Å². The van der Waals surface area contributed by atoms with Crippen LogP contribution >= 0.6 is 11.8 Å². The summed E-state index contributed by atoms with van der Waals surface area (Å²) >= 11 is 1.83. The molecule has 0 saturated heterocycles. The number of methoxy groups -OCH3 is 1. The highest BCUT2D eigenvalue weighted by Crippen LogP contribution is 2.44. The second-order valence-corrected chi connectivity index (χ2v) is 6.06. The van der Waals surface area contributed by atoms with E-state index in [4.69, 9.17) is 4.74 Å². The molecule has 2 heteroatoms. The summed E-state index contributed by atoms with van der Waals surface area (Å²) in [7, 11) is 1.71. The van der Waals surface area contributed by atoms with Crippen molar-refractivity contribution in [2.45, 2.75) is 4.90 Å². The fourth-order valence-corrected chi connectivity index (χ4v) is 3.49. The number of allylic oxidation sites excluding steroid dienone is 4. The van der Waals surface area contributed by atoms with Crippen molar-refractivity contribution >= 4 is 22.2 Å². The first-order chi connectivity index (χ1) is 10.9. The quantitative estimate of drug-likeness (QED) is 0.746. The van der Waals surface area contributed by atoms with Gasteiger partial charge in [0.05, 0.1) is 6.61 Å². The van der Waals surface area contributed by atoms with Crippen molar-refractivity contribution in [2.75, 3.05) is 13.7 Å². The minimum atomic E-state index is 0.634. The average Bonchev–Trinajstić information content (AvgIpc) is 2.59. The van der Waals surface area contributed by atoms with Crippen LogP contribution in [0.1, 0.15) is 11.1 Å². The molecule has 1 aliphatic rings. The van der Waals surface area contributed by atoms with Crippen LogP contribution in [0.15, 0.2) is 83.8 Å². The van der Waals surface area contributed by atoms with E-state index in [1.165, 1.54) is 26.5 Å². The molecule has 0 saturated carbocycles. The average molecular weight is 306 g/mol. The zero-order valence-electron chi connectivity index (χ0n) is 12.5. The molecule has 0 atom stereocenters. The summed E-state index contributed by atoms with van der Waals surface area (Å²) in [5.41, 5.74) is 3.78. The van der Waals surface area contributed by atoms with Crippen LogP contribution in [0.4, 0.5) is 0 Å². The van der Waals surface area contributed by atoms with Gasteiger partial charge in [-0.15, -0.1) is 0 Å². The number of fused-ring (bicyclic) bond motifs is 1. The first-order valence-electron chi connectivity index (χ1n) is 7.28. The van der Waals surface area contributed by atoms with E-state index in [1.54, 1.807) is 7.11 Å². The molecule has 22 heavy (non-hydrogen) atoms. The van der Waals surface area contributed by atoms with E-state index in [2.05, 4.69) is 72.8 Å². The Bertz CT molecular complexity index is 726. The Balaban J connectivity index is 1.99. The maximum absolute atomic E-state index is 5.06. The lowest BCUT2D eigenvalue weighted by Gasteiger charge is -2.18. The minimum Gasteiger partial charge on any atom is -0.381 e. The SMILES string of the molecule is COC/C=C/C=C1/C=C(c2ccccc2)Sc2ccccc21. The predicted molar refractivity (Wildman–Crippen MR) is 95.7 cm³/mol. The molecule has 0 N–H and O–H groups in total. The van der Waals surface area contributed by atoms with Gasteiger partial charge < -0.3 is 4.74 Å². The van der Waals surface area contributed by atoms with Crippen molar-refractivity contribution in [3.05, 3.63) is 90.0 Å². The molecular weight excluding hydrogens is 288 g/mol. The Hall–Kier alpha value is -2.03. The number of thioether (sulfide) groups is 1. The van der Waals surface area contributed by atoms with Crippen LogP contribution in [0.2, 0.25) is 0 Å². The lowest BCUT2D eigenvalue weighted by atomic mass is 10.0. The van der Waals surface area contributed by atoms with Crippen LogP contribution in [0.25, 0.3) is 10.5 Å². The second-order valence-electron chi connectivity index (χ2n) is 4.98. The van der Waals surface area contributed by atoms with Crippen LogP contribution in [-0.4, -0.2) is 13.7 Å². The molecule has 1 nitrogen and oxygen atoms in total. The van der Waals surface area contributed by atoms with Gasteiger partial charge in [0.2, 0.25) is 0 Å². The highest BCUT2D eigenvalue weighted by Gasteiger charge is 2.15. The summed E-state index contributed by atoms with van der Waals surface area (Å²) in [6.45, 7) is 0.634. The van der Waals surface area contributed by atoms with E-state index in [1.807, 2.05) is 17.8 Å². The normalized spacial score (nSPS) is 15.9. The monoisotopic (exact) mass is 306 g/mol. The van der Waals surface area contributed by atoms with Gasteiger partial charge in [0.25, 0.3) is 0 Å². The van der Waals surface area contributed by atoms with Crippen molar-refractivity contribution in [1.82, 2.24) is 0 Å². The minimum absolute atomic E-state index is 0.634. The van der Waals surface area contributed by atoms with Crippen LogP contribution in [-0.2, 0) is 4.74 Å². The van der Waals surface area contributed by atoms with Crippen LogP contribution in [0, 0.1) is 0 Å². The molecule has 0 bridgehead atoms. The largest absolute Gasteiger partial charge is 0.381 e. The molecule has 0 fully saturated rings. The summed E-state index contributed by atoms with van der Waals surface area (Å²) in [5.74, 6) is 0. The van der Waals surface area contributed by atoms with E-state index in [9.17, 15) is 0 Å². The molecule has 110 valence electrons. The maximum Gasteiger partial charge on any atom is 0.0646 e. The predicted octanol–water partition coefficient (Wildman–Crippen LogP) is 5.42. The molecule has 2 aromatic rings. The molecule has 0 amide bonds. The summed E-state index contributed by atoms with van der Waals surface area (Å²) < 4.78 is 5.06. The smallest absolute Gasteiger partial charge is 0.0646 e. The van der Waals surface area contributed by atoms with Gasteiger partial charge in [-0.25, -0.2) is 0 Å². The fraction of sp³-hybridized carbons (Fsp3) is 0.100. The first-order valence-corrected chi connectivity index (χ1v) is 8.10. The molecular formula is C20H18OS. The second kappa shape index (κ2) is 7.30. The Morgan fingerprint density at radius 3 is 2.59 bits per heavy atom. The van der Waals surface area contributed by atoms with Gasteiger partial charge in [-0.1, -0.05) is 78.5 Å². The van der Waals surface area contributed by atoms with E-state index in [-0.39, 0.29) is 0 Å². The van der Waals surface area contributed by atoms with Crippen LogP contribution in [0.5, 0.6) is 0 Å². The summed E-state index contributed by atoms with van der Waals surface area (Å²) in [4.78, 5) is 2.58. The number of rotatable bonds is 4. The van der Waals surface area contributed by atoms with Gasteiger partial charge in [0.15, 0.2) is 0 Å². The van der Waals surface area contributed by atoms with Gasteiger partial charge in [0, 0.05) is 16.9 Å². The molecule has 0 spiro atoms. The zero-order valence-corrected chi connectivity index (χ0v) is 13.3. The van der Waals surface area contributed by atoms with Crippen LogP contribution < -0.4 is 0 Å². The Kier molecular flexibility index (Phi) is 4.94. The van der Waals surface area contributed by atoms with E-state index in [0.717, 1.165) is 0 Å². The highest BCUT2D eigenvalue weighted by molar-refractivity contribution is 8.08. The van der Waals surface area contributed by atoms with E-state index < -0.39 is 0 Å². The lowest BCUT2D eigenvalue weighted by Crippen LogP contribution is -1.93. The summed E-state index contributed by atoms with van der Waals surface area (Å²) in [5, 5.41) is 0. The van der Waals surface area contributed by atoms with Crippen LogP contribution in [0.3, 0.4) is 0 Å². The van der Waals surface area contributed by atoms with E-state index >= 15 is 0 Å². The molecule has 3 rings (SSSR count). The molecule has 0 radical (unpaired) electrons. The number of hydrogen-bond acceptors (Lipinski definition) is 2. The molecule has 0 aromatic heterocycles. The lowest BCUT2D eigenvalue weighted by molar-refractivity contribution is 0.234. The van der Waals surface area contributed by atoms with Gasteiger partial charge in [0.1, 0.15) is 0 Å². The Morgan fingerprint density at radius 1 is 1.00 bits per heavy atom. The summed E-state index contributed by atoms with van der Waals surface area (Å²) in [6, 6.07) is 19.1. The van der Waals surface area contributed by atoms with Crippen molar-refractivity contribution in [2.24, 2.45) is 0 Å². The molecule has 1 aliphatic heterocycles. The van der Waals surface area contributed by atoms with Gasteiger partial charge >= 0.3 is 0 Å². The maximum atomic E-state index is 5.06.